The molecule has 0 saturated heterocycles. The summed E-state index contributed by atoms with van der Waals surface area (Å²) in [6, 6.07) is 4.98. The van der Waals surface area contributed by atoms with Crippen LogP contribution in [0.5, 0.6) is 5.75 Å². The molecule has 1 atom stereocenters. The zero-order valence-corrected chi connectivity index (χ0v) is 13.2. The number of nitrogens with zero attached hydrogens (tertiary/aromatic N) is 1. The van der Waals surface area contributed by atoms with Gasteiger partial charge in [0, 0.05) is 16.6 Å². The van der Waals surface area contributed by atoms with E-state index < -0.39 is 6.10 Å². The van der Waals surface area contributed by atoms with Crippen molar-refractivity contribution >= 4 is 23.2 Å². The van der Waals surface area contributed by atoms with Crippen LogP contribution >= 0.6 is 23.2 Å². The summed E-state index contributed by atoms with van der Waals surface area (Å²) in [6.45, 7) is 2.38. The molecule has 1 unspecified atom stereocenters. The van der Waals surface area contributed by atoms with Gasteiger partial charge in [-0.05, 0) is 51.2 Å². The minimum Gasteiger partial charge on any atom is -0.491 e. The number of aliphatic hydroxyl groups is 1. The standard InChI is InChI=1S/C14H22Cl2N2O2/c1-18(5-3-2-4-17)9-13(19)10-20-14-7-11(15)6-12(16)8-14/h6-8,13,19H,2-5,9-10,17H2,1H3. The van der Waals surface area contributed by atoms with Crippen molar-refractivity contribution in [2.24, 2.45) is 5.73 Å². The summed E-state index contributed by atoms with van der Waals surface area (Å²) < 4.78 is 5.49. The molecule has 6 heteroatoms. The fourth-order valence-corrected chi connectivity index (χ4v) is 2.34. The molecular formula is C14H22Cl2N2O2. The monoisotopic (exact) mass is 320 g/mol. The van der Waals surface area contributed by atoms with Crippen LogP contribution < -0.4 is 10.5 Å². The Morgan fingerprint density at radius 2 is 1.90 bits per heavy atom. The SMILES string of the molecule is CN(CCCCN)CC(O)COc1cc(Cl)cc(Cl)c1. The van der Waals surface area contributed by atoms with Crippen LogP contribution in [0.3, 0.4) is 0 Å². The number of hydrogen-bond acceptors (Lipinski definition) is 4. The highest BCUT2D eigenvalue weighted by Gasteiger charge is 2.09. The summed E-state index contributed by atoms with van der Waals surface area (Å²) in [5, 5.41) is 10.9. The van der Waals surface area contributed by atoms with E-state index in [1.54, 1.807) is 18.2 Å². The number of benzene rings is 1. The van der Waals surface area contributed by atoms with E-state index in [0.717, 1.165) is 19.4 Å². The lowest BCUT2D eigenvalue weighted by Gasteiger charge is -2.20. The van der Waals surface area contributed by atoms with Crippen LogP contribution in [-0.4, -0.2) is 49.4 Å². The summed E-state index contributed by atoms with van der Waals surface area (Å²) in [7, 11) is 1.97. The first-order valence-electron chi connectivity index (χ1n) is 6.67. The highest BCUT2D eigenvalue weighted by Crippen LogP contribution is 2.24. The van der Waals surface area contributed by atoms with Crippen LogP contribution in [0.2, 0.25) is 10.0 Å². The maximum absolute atomic E-state index is 9.92. The van der Waals surface area contributed by atoms with Crippen LogP contribution in [0.4, 0.5) is 0 Å². The molecule has 0 bridgehead atoms. The van der Waals surface area contributed by atoms with Gasteiger partial charge < -0.3 is 20.5 Å². The molecule has 3 N–H and O–H groups in total. The Bertz CT molecular complexity index is 385. The molecule has 0 amide bonds. The van der Waals surface area contributed by atoms with Crippen LogP contribution in [0.15, 0.2) is 18.2 Å². The van der Waals surface area contributed by atoms with Crippen LogP contribution in [0, 0.1) is 0 Å². The predicted octanol–water partition coefficient (Wildman–Crippen LogP) is 2.40. The minimum atomic E-state index is -0.560. The third-order valence-electron chi connectivity index (χ3n) is 2.79. The number of unbranched alkanes of at least 4 members (excludes halogenated alkanes) is 1. The highest BCUT2D eigenvalue weighted by molar-refractivity contribution is 6.34. The lowest BCUT2D eigenvalue weighted by Crippen LogP contribution is -2.33. The second-order valence-corrected chi connectivity index (χ2v) is 5.70. The molecule has 4 nitrogen and oxygen atoms in total. The van der Waals surface area contributed by atoms with Gasteiger partial charge in [0.15, 0.2) is 0 Å². The molecule has 0 aliphatic carbocycles. The molecule has 20 heavy (non-hydrogen) atoms. The quantitative estimate of drug-likeness (QED) is 0.686. The average molecular weight is 321 g/mol. The molecule has 0 heterocycles. The first-order valence-corrected chi connectivity index (χ1v) is 7.42. The summed E-state index contributed by atoms with van der Waals surface area (Å²) in [5.74, 6) is 0.562. The van der Waals surface area contributed by atoms with E-state index in [-0.39, 0.29) is 6.61 Å². The average Bonchev–Trinajstić information content (AvgIpc) is 2.35. The molecule has 0 radical (unpaired) electrons. The largest absolute Gasteiger partial charge is 0.491 e. The van der Waals surface area contributed by atoms with Crippen LogP contribution in [0.25, 0.3) is 0 Å². The number of rotatable bonds is 9. The Balaban J connectivity index is 2.30. The van der Waals surface area contributed by atoms with Gasteiger partial charge in [-0.25, -0.2) is 0 Å². The molecule has 0 aliphatic rings. The maximum atomic E-state index is 9.92. The smallest absolute Gasteiger partial charge is 0.122 e. The number of likely N-dealkylation sites (N-methyl/N-ethyl adjacent to an activating group) is 1. The number of nitrogens with two attached hydrogens (primary N) is 1. The Kier molecular flexibility index (Phi) is 8.26. The van der Waals surface area contributed by atoms with Gasteiger partial charge in [0.25, 0.3) is 0 Å². The molecule has 114 valence electrons. The summed E-state index contributed by atoms with van der Waals surface area (Å²) in [6.07, 6.45) is 1.47. The van der Waals surface area contributed by atoms with Crippen molar-refractivity contribution in [3.05, 3.63) is 28.2 Å². The van der Waals surface area contributed by atoms with E-state index in [1.807, 2.05) is 7.05 Å². The Hall–Kier alpha value is -0.520. The second kappa shape index (κ2) is 9.42. The molecule has 1 aromatic rings. The van der Waals surface area contributed by atoms with Crippen molar-refractivity contribution in [3.8, 4) is 5.75 Å². The third kappa shape index (κ3) is 7.31. The topological polar surface area (TPSA) is 58.7 Å². The second-order valence-electron chi connectivity index (χ2n) is 4.83. The van der Waals surface area contributed by atoms with E-state index in [0.29, 0.717) is 28.9 Å². The van der Waals surface area contributed by atoms with E-state index >= 15 is 0 Å². The van der Waals surface area contributed by atoms with Gasteiger partial charge >= 0.3 is 0 Å². The Labute approximate surface area is 130 Å². The molecule has 0 fully saturated rings. The zero-order valence-electron chi connectivity index (χ0n) is 11.7. The normalized spacial score (nSPS) is 12.7. The van der Waals surface area contributed by atoms with Crippen LogP contribution in [0.1, 0.15) is 12.8 Å². The van der Waals surface area contributed by atoms with Gasteiger partial charge in [-0.2, -0.15) is 0 Å². The Morgan fingerprint density at radius 3 is 2.50 bits per heavy atom. The third-order valence-corrected chi connectivity index (χ3v) is 3.23. The number of ether oxygens (including phenoxy) is 1. The van der Waals surface area contributed by atoms with Gasteiger partial charge in [0.2, 0.25) is 0 Å². The summed E-state index contributed by atoms with van der Waals surface area (Å²) in [4.78, 5) is 2.06. The lowest BCUT2D eigenvalue weighted by molar-refractivity contribution is 0.0760. The van der Waals surface area contributed by atoms with Crippen molar-refractivity contribution in [1.29, 1.82) is 0 Å². The predicted molar refractivity (Wildman–Crippen MR) is 83.7 cm³/mol. The molecule has 0 saturated carbocycles. The van der Waals surface area contributed by atoms with Crippen LogP contribution in [-0.2, 0) is 0 Å². The molecule has 0 aromatic heterocycles. The van der Waals surface area contributed by atoms with Crippen molar-refractivity contribution in [2.45, 2.75) is 18.9 Å². The molecular weight excluding hydrogens is 299 g/mol. The van der Waals surface area contributed by atoms with Crippen molar-refractivity contribution in [2.75, 3.05) is 33.3 Å². The van der Waals surface area contributed by atoms with Crippen molar-refractivity contribution < 1.29 is 9.84 Å². The van der Waals surface area contributed by atoms with E-state index in [2.05, 4.69) is 4.90 Å². The highest BCUT2D eigenvalue weighted by atomic mass is 35.5. The van der Waals surface area contributed by atoms with Crippen molar-refractivity contribution in [3.63, 3.8) is 0 Å². The minimum absolute atomic E-state index is 0.206. The van der Waals surface area contributed by atoms with E-state index in [1.165, 1.54) is 0 Å². The van der Waals surface area contributed by atoms with Gasteiger partial charge in [-0.3, -0.25) is 0 Å². The summed E-state index contributed by atoms with van der Waals surface area (Å²) >= 11 is 11.8. The summed E-state index contributed by atoms with van der Waals surface area (Å²) in [5.41, 5.74) is 5.44. The molecule has 0 aliphatic heterocycles. The van der Waals surface area contributed by atoms with E-state index in [4.69, 9.17) is 33.7 Å². The molecule has 0 spiro atoms. The first kappa shape index (κ1) is 17.5. The number of hydrogen-bond donors (Lipinski definition) is 2. The van der Waals surface area contributed by atoms with Gasteiger partial charge in [-0.1, -0.05) is 23.2 Å². The fraction of sp³-hybridized carbons (Fsp3) is 0.571. The lowest BCUT2D eigenvalue weighted by atomic mass is 10.2. The van der Waals surface area contributed by atoms with Gasteiger partial charge in [0.05, 0.1) is 0 Å². The Morgan fingerprint density at radius 1 is 1.25 bits per heavy atom. The van der Waals surface area contributed by atoms with Gasteiger partial charge in [-0.15, -0.1) is 0 Å². The maximum Gasteiger partial charge on any atom is 0.122 e. The zero-order chi connectivity index (χ0) is 15.0. The van der Waals surface area contributed by atoms with Crippen molar-refractivity contribution in [1.82, 2.24) is 4.90 Å². The van der Waals surface area contributed by atoms with Gasteiger partial charge in [0.1, 0.15) is 18.5 Å². The fourth-order valence-electron chi connectivity index (χ4n) is 1.83. The first-order chi connectivity index (χ1) is 9.51. The number of halogens is 2. The molecule has 1 rings (SSSR count). The number of aliphatic hydroxyl groups excluding tert-OH is 1. The van der Waals surface area contributed by atoms with E-state index in [9.17, 15) is 5.11 Å². The molecule has 1 aromatic carbocycles.